The van der Waals surface area contributed by atoms with Crippen molar-refractivity contribution in [1.82, 2.24) is 4.90 Å². The Bertz CT molecular complexity index is 852. The van der Waals surface area contributed by atoms with Gasteiger partial charge in [-0.15, -0.1) is 0 Å². The lowest BCUT2D eigenvalue weighted by molar-refractivity contribution is 0.321. The van der Waals surface area contributed by atoms with Gasteiger partial charge >= 0.3 is 0 Å². The monoisotopic (exact) mass is 343 g/mol. The summed E-state index contributed by atoms with van der Waals surface area (Å²) in [5.41, 5.74) is 6.23. The Balaban J connectivity index is 1.85. The molecule has 0 amide bonds. The largest absolute Gasteiger partial charge is 0.496 e. The number of hydrogen-bond acceptors (Lipinski definition) is 2. The van der Waals surface area contributed by atoms with Crippen LogP contribution in [0.2, 0.25) is 0 Å². The standard InChI is InChI=1S/C24H25NO/c1-26-24-17-21(19-10-4-2-5-11-19)16-22(20-12-6-3-7-13-20)23(24)18-25-14-8-9-15-25/h2-7,10-13,16-17H,8-9,14-15,18H2,1H3. The van der Waals surface area contributed by atoms with Crippen LogP contribution in [0.3, 0.4) is 0 Å². The van der Waals surface area contributed by atoms with Crippen molar-refractivity contribution < 1.29 is 4.74 Å². The number of nitrogens with zero attached hydrogens (tertiary/aromatic N) is 1. The van der Waals surface area contributed by atoms with E-state index in [4.69, 9.17) is 4.74 Å². The van der Waals surface area contributed by atoms with Gasteiger partial charge in [-0.3, -0.25) is 4.90 Å². The molecule has 3 aromatic carbocycles. The van der Waals surface area contributed by atoms with E-state index in [0.29, 0.717) is 0 Å². The van der Waals surface area contributed by atoms with E-state index in [2.05, 4.69) is 77.7 Å². The molecule has 0 unspecified atom stereocenters. The fourth-order valence-electron chi connectivity index (χ4n) is 3.83. The van der Waals surface area contributed by atoms with E-state index < -0.39 is 0 Å². The molecule has 0 N–H and O–H groups in total. The van der Waals surface area contributed by atoms with Gasteiger partial charge in [-0.1, -0.05) is 60.7 Å². The second kappa shape index (κ2) is 7.76. The molecule has 0 bridgehead atoms. The third kappa shape index (κ3) is 3.51. The fourth-order valence-corrected chi connectivity index (χ4v) is 3.83. The van der Waals surface area contributed by atoms with Crippen molar-refractivity contribution in [1.29, 1.82) is 0 Å². The number of hydrogen-bond donors (Lipinski definition) is 0. The summed E-state index contributed by atoms with van der Waals surface area (Å²) in [4.78, 5) is 2.53. The second-order valence-corrected chi connectivity index (χ2v) is 6.92. The Labute approximate surface area is 156 Å². The van der Waals surface area contributed by atoms with Gasteiger partial charge in [0.15, 0.2) is 0 Å². The van der Waals surface area contributed by atoms with Crippen molar-refractivity contribution in [2.24, 2.45) is 0 Å². The first kappa shape index (κ1) is 16.9. The molecule has 1 saturated heterocycles. The van der Waals surface area contributed by atoms with Gasteiger partial charge in [-0.2, -0.15) is 0 Å². The molecule has 1 fully saturated rings. The second-order valence-electron chi connectivity index (χ2n) is 6.92. The fraction of sp³-hybridized carbons (Fsp3) is 0.250. The van der Waals surface area contributed by atoms with Gasteiger partial charge in [0.2, 0.25) is 0 Å². The summed E-state index contributed by atoms with van der Waals surface area (Å²) in [6.45, 7) is 3.30. The van der Waals surface area contributed by atoms with Gasteiger partial charge in [0.25, 0.3) is 0 Å². The van der Waals surface area contributed by atoms with E-state index in [9.17, 15) is 0 Å². The summed E-state index contributed by atoms with van der Waals surface area (Å²) in [5.74, 6) is 0.983. The minimum atomic E-state index is 0.947. The van der Waals surface area contributed by atoms with Crippen LogP contribution < -0.4 is 4.74 Å². The van der Waals surface area contributed by atoms with Gasteiger partial charge < -0.3 is 4.74 Å². The molecule has 1 heterocycles. The first-order valence-corrected chi connectivity index (χ1v) is 9.39. The molecule has 3 aromatic rings. The molecule has 4 rings (SSSR count). The quantitative estimate of drug-likeness (QED) is 0.596. The zero-order chi connectivity index (χ0) is 17.8. The van der Waals surface area contributed by atoms with Crippen molar-refractivity contribution in [2.45, 2.75) is 19.4 Å². The average molecular weight is 343 g/mol. The maximum absolute atomic E-state index is 5.85. The van der Waals surface area contributed by atoms with Crippen LogP contribution >= 0.6 is 0 Å². The highest BCUT2D eigenvalue weighted by atomic mass is 16.5. The van der Waals surface area contributed by atoms with Crippen molar-refractivity contribution in [3.63, 3.8) is 0 Å². The average Bonchev–Trinajstić information content (AvgIpc) is 3.22. The summed E-state index contributed by atoms with van der Waals surface area (Å²) in [7, 11) is 1.78. The van der Waals surface area contributed by atoms with E-state index in [0.717, 1.165) is 12.3 Å². The molecule has 0 aromatic heterocycles. The third-order valence-electron chi connectivity index (χ3n) is 5.20. The van der Waals surface area contributed by atoms with Crippen molar-refractivity contribution >= 4 is 0 Å². The Morgan fingerprint density at radius 1 is 0.769 bits per heavy atom. The minimum absolute atomic E-state index is 0.947. The summed E-state index contributed by atoms with van der Waals surface area (Å²) in [5, 5.41) is 0. The van der Waals surface area contributed by atoms with Gasteiger partial charge in [0.05, 0.1) is 7.11 Å². The number of rotatable bonds is 5. The molecule has 0 radical (unpaired) electrons. The smallest absolute Gasteiger partial charge is 0.124 e. The highest BCUT2D eigenvalue weighted by Crippen LogP contribution is 2.37. The zero-order valence-electron chi connectivity index (χ0n) is 15.3. The lowest BCUT2D eigenvalue weighted by Gasteiger charge is -2.21. The summed E-state index contributed by atoms with van der Waals surface area (Å²) < 4.78 is 5.85. The van der Waals surface area contributed by atoms with E-state index in [1.54, 1.807) is 7.11 Å². The number of benzene rings is 3. The van der Waals surface area contributed by atoms with Crippen LogP contribution in [0.5, 0.6) is 5.75 Å². The first-order chi connectivity index (χ1) is 12.8. The normalized spacial score (nSPS) is 14.5. The Hall–Kier alpha value is -2.58. The summed E-state index contributed by atoms with van der Waals surface area (Å²) in [6.07, 6.45) is 2.59. The topological polar surface area (TPSA) is 12.5 Å². The van der Waals surface area contributed by atoms with Crippen molar-refractivity contribution in [3.8, 4) is 28.0 Å². The molecule has 0 atom stereocenters. The molecular formula is C24H25NO. The van der Waals surface area contributed by atoms with Crippen molar-refractivity contribution in [2.75, 3.05) is 20.2 Å². The maximum atomic E-state index is 5.85. The first-order valence-electron chi connectivity index (χ1n) is 9.39. The Morgan fingerprint density at radius 3 is 2.00 bits per heavy atom. The molecule has 26 heavy (non-hydrogen) atoms. The zero-order valence-corrected chi connectivity index (χ0v) is 15.3. The van der Waals surface area contributed by atoms with Gasteiger partial charge in [0, 0.05) is 12.1 Å². The van der Waals surface area contributed by atoms with Crippen LogP contribution in [0.15, 0.2) is 72.8 Å². The third-order valence-corrected chi connectivity index (χ3v) is 5.20. The molecule has 1 aliphatic heterocycles. The Morgan fingerprint density at radius 2 is 1.38 bits per heavy atom. The molecule has 0 aliphatic carbocycles. The van der Waals surface area contributed by atoms with E-state index >= 15 is 0 Å². The molecule has 132 valence electrons. The van der Waals surface area contributed by atoms with Crippen LogP contribution in [-0.4, -0.2) is 25.1 Å². The highest BCUT2D eigenvalue weighted by molar-refractivity contribution is 5.78. The van der Waals surface area contributed by atoms with Crippen LogP contribution in [-0.2, 0) is 6.54 Å². The number of likely N-dealkylation sites (tertiary alicyclic amines) is 1. The van der Waals surface area contributed by atoms with E-state index in [1.165, 1.54) is 53.7 Å². The van der Waals surface area contributed by atoms with Gasteiger partial charge in [-0.05, 0) is 60.3 Å². The SMILES string of the molecule is COc1cc(-c2ccccc2)cc(-c2ccccc2)c1CN1CCCC1. The number of ether oxygens (including phenoxy) is 1. The van der Waals surface area contributed by atoms with Crippen LogP contribution in [0, 0.1) is 0 Å². The minimum Gasteiger partial charge on any atom is -0.496 e. The van der Waals surface area contributed by atoms with Crippen LogP contribution in [0.1, 0.15) is 18.4 Å². The predicted molar refractivity (Wildman–Crippen MR) is 108 cm³/mol. The van der Waals surface area contributed by atoms with Gasteiger partial charge in [0.1, 0.15) is 5.75 Å². The van der Waals surface area contributed by atoms with Crippen LogP contribution in [0.4, 0.5) is 0 Å². The van der Waals surface area contributed by atoms with Crippen LogP contribution in [0.25, 0.3) is 22.3 Å². The summed E-state index contributed by atoms with van der Waals surface area (Å²) >= 11 is 0. The Kier molecular flexibility index (Phi) is 5.03. The lowest BCUT2D eigenvalue weighted by Crippen LogP contribution is -2.19. The lowest BCUT2D eigenvalue weighted by atomic mass is 9.93. The molecule has 1 aliphatic rings. The highest BCUT2D eigenvalue weighted by Gasteiger charge is 2.19. The molecule has 2 nitrogen and oxygen atoms in total. The maximum Gasteiger partial charge on any atom is 0.124 e. The molecule has 0 spiro atoms. The molecule has 0 saturated carbocycles. The number of methoxy groups -OCH3 is 1. The van der Waals surface area contributed by atoms with Gasteiger partial charge in [-0.25, -0.2) is 0 Å². The van der Waals surface area contributed by atoms with E-state index in [-0.39, 0.29) is 0 Å². The predicted octanol–water partition coefficient (Wildman–Crippen LogP) is 5.63. The molecular weight excluding hydrogens is 318 g/mol. The van der Waals surface area contributed by atoms with E-state index in [1.807, 2.05) is 0 Å². The molecule has 2 heteroatoms. The summed E-state index contributed by atoms with van der Waals surface area (Å²) in [6, 6.07) is 25.7. The van der Waals surface area contributed by atoms with Crippen molar-refractivity contribution in [3.05, 3.63) is 78.4 Å².